The van der Waals surface area contributed by atoms with Gasteiger partial charge in [-0.15, -0.1) is 11.8 Å². The monoisotopic (exact) mass is 171 g/mol. The molecule has 0 aromatic heterocycles. The number of hydrogen-bond acceptors (Lipinski definition) is 4. The molecule has 1 saturated heterocycles. The summed E-state index contributed by atoms with van der Waals surface area (Å²) in [5.74, 6) is 1.18. The molecule has 0 aromatic carbocycles. The third-order valence-electron chi connectivity index (χ3n) is 1.53. The molecule has 60 valence electrons. The van der Waals surface area contributed by atoms with Crippen molar-refractivity contribution < 1.29 is 4.79 Å². The van der Waals surface area contributed by atoms with Crippen LogP contribution in [0.4, 0.5) is 0 Å². The molecule has 1 atom stereocenters. The van der Waals surface area contributed by atoms with Gasteiger partial charge >= 0.3 is 0 Å². The molecule has 1 rings (SSSR count). The van der Waals surface area contributed by atoms with Crippen LogP contribution < -0.4 is 5.73 Å². The number of thioether (sulfide) groups is 1. The minimum atomic E-state index is -0.268. The van der Waals surface area contributed by atoms with E-state index in [2.05, 4.69) is 6.07 Å². The number of carbonyl (C=O) groups is 1. The Bertz CT molecular complexity index is 200. The Morgan fingerprint density at radius 2 is 2.64 bits per heavy atom. The van der Waals surface area contributed by atoms with Gasteiger partial charge in [-0.25, -0.2) is 0 Å². The number of rotatable bonds is 1. The average Bonchev–Trinajstić information content (AvgIpc) is 2.50. The van der Waals surface area contributed by atoms with Crippen LogP contribution in [0.2, 0.25) is 0 Å². The fourth-order valence-electron chi connectivity index (χ4n) is 0.913. The van der Waals surface area contributed by atoms with Gasteiger partial charge in [-0.2, -0.15) is 5.26 Å². The Morgan fingerprint density at radius 3 is 3.18 bits per heavy atom. The van der Waals surface area contributed by atoms with E-state index in [9.17, 15) is 4.79 Å². The summed E-state index contributed by atoms with van der Waals surface area (Å²) in [6.07, 6.45) is 0. The van der Waals surface area contributed by atoms with Crippen LogP contribution in [0.15, 0.2) is 0 Å². The van der Waals surface area contributed by atoms with Crippen molar-refractivity contribution in [3.8, 4) is 6.07 Å². The minimum Gasteiger partial charge on any atom is -0.322 e. The number of nitrogens with zero attached hydrogens (tertiary/aromatic N) is 2. The molecule has 1 aliphatic rings. The van der Waals surface area contributed by atoms with Crippen molar-refractivity contribution in [1.29, 1.82) is 5.26 Å². The molecule has 2 N–H and O–H groups in total. The van der Waals surface area contributed by atoms with Gasteiger partial charge in [0, 0.05) is 5.75 Å². The van der Waals surface area contributed by atoms with E-state index in [-0.39, 0.29) is 18.5 Å². The zero-order valence-electron chi connectivity index (χ0n) is 5.99. The summed E-state index contributed by atoms with van der Waals surface area (Å²) in [6.45, 7) is -0.00125. The normalized spacial score (nSPS) is 23.3. The summed E-state index contributed by atoms with van der Waals surface area (Å²) in [4.78, 5) is 12.5. The van der Waals surface area contributed by atoms with Crippen molar-refractivity contribution in [1.82, 2.24) is 4.90 Å². The maximum Gasteiger partial charge on any atom is 0.238 e. The van der Waals surface area contributed by atoms with Gasteiger partial charge in [-0.05, 0) is 0 Å². The van der Waals surface area contributed by atoms with Gasteiger partial charge < -0.3 is 10.6 Å². The Labute approximate surface area is 69.3 Å². The molecule has 0 saturated carbocycles. The van der Waals surface area contributed by atoms with Gasteiger partial charge in [0.05, 0.1) is 18.5 Å². The molecule has 1 aliphatic heterocycles. The first-order valence-corrected chi connectivity index (χ1v) is 4.42. The smallest absolute Gasteiger partial charge is 0.238 e. The zero-order chi connectivity index (χ0) is 8.27. The van der Waals surface area contributed by atoms with E-state index in [0.717, 1.165) is 0 Å². The van der Waals surface area contributed by atoms with Gasteiger partial charge in [0.15, 0.2) is 0 Å². The lowest BCUT2D eigenvalue weighted by Crippen LogP contribution is -2.39. The Hall–Kier alpha value is -0.730. The molecule has 4 nitrogen and oxygen atoms in total. The van der Waals surface area contributed by atoms with Gasteiger partial charge in [0.25, 0.3) is 0 Å². The molecular formula is C6H9N3OS. The Kier molecular flexibility index (Phi) is 2.74. The second-order valence-electron chi connectivity index (χ2n) is 2.21. The summed E-state index contributed by atoms with van der Waals surface area (Å²) >= 11 is 1.59. The number of nitrogens with two attached hydrogens (primary N) is 1. The highest BCUT2D eigenvalue weighted by atomic mass is 32.2. The van der Waals surface area contributed by atoms with E-state index in [1.165, 1.54) is 4.90 Å². The first-order valence-electron chi connectivity index (χ1n) is 3.26. The summed E-state index contributed by atoms with van der Waals surface area (Å²) in [7, 11) is 0. The van der Waals surface area contributed by atoms with E-state index in [1.54, 1.807) is 11.8 Å². The number of nitriles is 1. The van der Waals surface area contributed by atoms with Crippen molar-refractivity contribution >= 4 is 17.7 Å². The molecule has 0 aromatic rings. The Balaban J connectivity index is 2.58. The standard InChI is InChI=1S/C6H9N3OS/c7-1-5-3-11-4-9(5)6(10)2-8/h5H,2-4,8H2/t5-/m1/s1. The molecule has 1 heterocycles. The third-order valence-corrected chi connectivity index (χ3v) is 2.54. The molecule has 0 radical (unpaired) electrons. The first kappa shape index (κ1) is 8.37. The van der Waals surface area contributed by atoms with E-state index in [0.29, 0.717) is 11.6 Å². The van der Waals surface area contributed by atoms with Crippen LogP contribution in [-0.2, 0) is 4.79 Å². The van der Waals surface area contributed by atoms with Crippen molar-refractivity contribution in [3.63, 3.8) is 0 Å². The van der Waals surface area contributed by atoms with Crippen LogP contribution in [0.25, 0.3) is 0 Å². The van der Waals surface area contributed by atoms with Gasteiger partial charge in [0.2, 0.25) is 5.91 Å². The van der Waals surface area contributed by atoms with Crippen LogP contribution in [-0.4, -0.2) is 35.0 Å². The number of carbonyl (C=O) groups excluding carboxylic acids is 1. The highest BCUT2D eigenvalue weighted by molar-refractivity contribution is 7.99. The molecule has 0 spiro atoms. The summed E-state index contributed by atoms with van der Waals surface area (Å²) in [6, 6.07) is 1.79. The lowest BCUT2D eigenvalue weighted by atomic mass is 10.3. The molecule has 0 bridgehead atoms. The molecule has 1 amide bonds. The minimum absolute atomic E-state index is 0.00125. The second kappa shape index (κ2) is 3.60. The molecular weight excluding hydrogens is 162 g/mol. The van der Waals surface area contributed by atoms with Crippen molar-refractivity contribution in [3.05, 3.63) is 0 Å². The molecule has 5 heteroatoms. The SMILES string of the molecule is N#C[C@@H]1CSCN1C(=O)CN. The van der Waals surface area contributed by atoms with E-state index in [4.69, 9.17) is 11.0 Å². The zero-order valence-corrected chi connectivity index (χ0v) is 6.80. The highest BCUT2D eigenvalue weighted by Gasteiger charge is 2.27. The van der Waals surface area contributed by atoms with Crippen LogP contribution in [0.5, 0.6) is 0 Å². The first-order chi connectivity index (χ1) is 5.29. The van der Waals surface area contributed by atoms with E-state index in [1.807, 2.05) is 0 Å². The largest absolute Gasteiger partial charge is 0.322 e. The van der Waals surface area contributed by atoms with Gasteiger partial charge in [-0.3, -0.25) is 4.79 Å². The topological polar surface area (TPSA) is 70.1 Å². The average molecular weight is 171 g/mol. The van der Waals surface area contributed by atoms with Crippen LogP contribution in [0.1, 0.15) is 0 Å². The number of amides is 1. The van der Waals surface area contributed by atoms with Crippen LogP contribution >= 0.6 is 11.8 Å². The highest BCUT2D eigenvalue weighted by Crippen LogP contribution is 2.19. The predicted molar refractivity (Wildman–Crippen MR) is 42.6 cm³/mol. The maximum absolute atomic E-state index is 11.0. The summed E-state index contributed by atoms with van der Waals surface area (Å²) < 4.78 is 0. The molecule has 0 unspecified atom stereocenters. The maximum atomic E-state index is 11.0. The third kappa shape index (κ3) is 1.64. The van der Waals surface area contributed by atoms with Crippen LogP contribution in [0, 0.1) is 11.3 Å². The fourth-order valence-corrected chi connectivity index (χ4v) is 2.02. The quantitative estimate of drug-likeness (QED) is 0.570. The molecule has 0 aliphatic carbocycles. The lowest BCUT2D eigenvalue weighted by Gasteiger charge is -2.16. The van der Waals surface area contributed by atoms with Crippen LogP contribution in [0.3, 0.4) is 0 Å². The van der Waals surface area contributed by atoms with Crippen molar-refractivity contribution in [2.75, 3.05) is 18.2 Å². The fraction of sp³-hybridized carbons (Fsp3) is 0.667. The predicted octanol–water partition coefficient (Wildman–Crippen LogP) is -0.630. The lowest BCUT2D eigenvalue weighted by molar-refractivity contribution is -0.129. The second-order valence-corrected chi connectivity index (χ2v) is 3.21. The van der Waals surface area contributed by atoms with Gasteiger partial charge in [-0.1, -0.05) is 0 Å². The van der Waals surface area contributed by atoms with E-state index < -0.39 is 0 Å². The van der Waals surface area contributed by atoms with E-state index >= 15 is 0 Å². The summed E-state index contributed by atoms with van der Waals surface area (Å²) in [5.41, 5.74) is 5.16. The summed E-state index contributed by atoms with van der Waals surface area (Å²) in [5, 5.41) is 8.58. The van der Waals surface area contributed by atoms with Crippen molar-refractivity contribution in [2.24, 2.45) is 5.73 Å². The van der Waals surface area contributed by atoms with Crippen molar-refractivity contribution in [2.45, 2.75) is 6.04 Å². The van der Waals surface area contributed by atoms with Gasteiger partial charge in [0.1, 0.15) is 6.04 Å². The molecule has 1 fully saturated rings. The Morgan fingerprint density at radius 1 is 1.91 bits per heavy atom. The molecule has 11 heavy (non-hydrogen) atoms. The number of hydrogen-bond donors (Lipinski definition) is 1.